The highest BCUT2D eigenvalue weighted by molar-refractivity contribution is 5.41. The first kappa shape index (κ1) is 6.44. The van der Waals surface area contributed by atoms with E-state index in [0.29, 0.717) is 0 Å². The zero-order valence-corrected chi connectivity index (χ0v) is 6.15. The summed E-state index contributed by atoms with van der Waals surface area (Å²) in [5.74, 6) is 0. The van der Waals surface area contributed by atoms with Crippen LogP contribution < -0.4 is 5.32 Å². The Kier molecular flexibility index (Phi) is 1.41. The number of H-pyrrole nitrogens is 1. The Hall–Kier alpha value is -1.27. The van der Waals surface area contributed by atoms with E-state index in [1.807, 2.05) is 0 Å². The number of fused-ring (bicyclic) bond motifs is 1. The van der Waals surface area contributed by atoms with Crippen LogP contribution in [-0.4, -0.2) is 11.5 Å². The second kappa shape index (κ2) is 2.40. The lowest BCUT2D eigenvalue weighted by atomic mass is 10.1. The van der Waals surface area contributed by atoms with Crippen LogP contribution in [-0.2, 0) is 13.0 Å². The molecule has 0 atom stereocenters. The smallest absolute Gasteiger partial charge is 0.101 e. The van der Waals surface area contributed by atoms with Gasteiger partial charge >= 0.3 is 0 Å². The second-order valence-corrected chi connectivity index (χ2v) is 2.70. The normalized spacial score (nSPS) is 15.5. The molecule has 3 nitrogen and oxygen atoms in total. The number of nitriles is 1. The number of hydrogen-bond donors (Lipinski definition) is 2. The van der Waals surface area contributed by atoms with Gasteiger partial charge in [-0.05, 0) is 18.5 Å². The Morgan fingerprint density at radius 3 is 3.27 bits per heavy atom. The lowest BCUT2D eigenvalue weighted by molar-refractivity contribution is 0.634. The Morgan fingerprint density at radius 1 is 1.55 bits per heavy atom. The van der Waals surface area contributed by atoms with E-state index >= 15 is 0 Å². The quantitative estimate of drug-likeness (QED) is 0.562. The number of aromatic nitrogens is 1. The summed E-state index contributed by atoms with van der Waals surface area (Å²) in [4.78, 5) is 3.09. The summed E-state index contributed by atoms with van der Waals surface area (Å²) < 4.78 is 0. The topological polar surface area (TPSA) is 51.6 Å². The maximum Gasteiger partial charge on any atom is 0.101 e. The molecule has 1 aliphatic heterocycles. The zero-order valence-electron chi connectivity index (χ0n) is 6.15. The van der Waals surface area contributed by atoms with Crippen LogP contribution in [0.2, 0.25) is 0 Å². The maximum absolute atomic E-state index is 8.69. The molecule has 0 amide bonds. The largest absolute Gasteiger partial charge is 0.362 e. The first-order valence-electron chi connectivity index (χ1n) is 3.72. The molecule has 0 saturated carbocycles. The van der Waals surface area contributed by atoms with Gasteiger partial charge in [0.15, 0.2) is 0 Å². The molecule has 2 heterocycles. The highest BCUT2D eigenvalue weighted by Gasteiger charge is 2.13. The van der Waals surface area contributed by atoms with E-state index in [1.165, 1.54) is 11.3 Å². The average Bonchev–Trinajstić information content (AvgIpc) is 2.47. The number of aromatic amines is 1. The van der Waals surface area contributed by atoms with Crippen LogP contribution >= 0.6 is 0 Å². The molecular formula is C8H9N3. The lowest BCUT2D eigenvalue weighted by Crippen LogP contribution is -2.23. The third-order valence-corrected chi connectivity index (χ3v) is 2.05. The van der Waals surface area contributed by atoms with E-state index in [2.05, 4.69) is 16.4 Å². The molecule has 1 aliphatic rings. The highest BCUT2D eigenvalue weighted by atomic mass is 14.9. The summed E-state index contributed by atoms with van der Waals surface area (Å²) in [7, 11) is 0. The monoisotopic (exact) mass is 147 g/mol. The predicted octanol–water partition coefficient (Wildman–Crippen LogP) is 0.532. The molecule has 2 N–H and O–H groups in total. The molecule has 0 aromatic carbocycles. The minimum absolute atomic E-state index is 0.807. The molecule has 1 aromatic rings. The van der Waals surface area contributed by atoms with Crippen LogP contribution in [0.15, 0.2) is 6.20 Å². The van der Waals surface area contributed by atoms with E-state index in [0.717, 1.165) is 25.1 Å². The summed E-state index contributed by atoms with van der Waals surface area (Å²) >= 11 is 0. The molecule has 0 radical (unpaired) electrons. The summed E-state index contributed by atoms with van der Waals surface area (Å²) in [6.07, 6.45) is 2.76. The van der Waals surface area contributed by atoms with Crippen LogP contribution in [0.25, 0.3) is 0 Å². The zero-order chi connectivity index (χ0) is 7.68. The fourth-order valence-electron chi connectivity index (χ4n) is 1.47. The van der Waals surface area contributed by atoms with Gasteiger partial charge < -0.3 is 10.3 Å². The second-order valence-electron chi connectivity index (χ2n) is 2.70. The van der Waals surface area contributed by atoms with Crippen molar-refractivity contribution in [3.63, 3.8) is 0 Å². The molecule has 0 bridgehead atoms. The minimum atomic E-state index is 0.807. The summed E-state index contributed by atoms with van der Waals surface area (Å²) in [5.41, 5.74) is 3.18. The van der Waals surface area contributed by atoms with Crippen LogP contribution in [0.5, 0.6) is 0 Å². The Labute approximate surface area is 65.0 Å². The molecule has 56 valence electrons. The number of nitrogens with one attached hydrogen (secondary N) is 2. The van der Waals surface area contributed by atoms with Gasteiger partial charge in [-0.15, -0.1) is 0 Å². The Morgan fingerprint density at radius 2 is 2.45 bits per heavy atom. The van der Waals surface area contributed by atoms with Crippen LogP contribution in [0.1, 0.15) is 16.8 Å². The van der Waals surface area contributed by atoms with Crippen molar-refractivity contribution in [1.82, 2.24) is 10.3 Å². The SMILES string of the molecule is N#Cc1c[nH]c2c1CCNC2. The van der Waals surface area contributed by atoms with E-state index in [-0.39, 0.29) is 0 Å². The van der Waals surface area contributed by atoms with Crippen molar-refractivity contribution in [2.75, 3.05) is 6.54 Å². The molecule has 11 heavy (non-hydrogen) atoms. The molecular weight excluding hydrogens is 138 g/mol. The molecule has 2 rings (SSSR count). The number of hydrogen-bond acceptors (Lipinski definition) is 2. The van der Waals surface area contributed by atoms with Gasteiger partial charge in [-0.25, -0.2) is 0 Å². The van der Waals surface area contributed by atoms with Crippen molar-refractivity contribution in [3.8, 4) is 6.07 Å². The standard InChI is InChI=1S/C8H9N3/c9-3-6-4-11-8-5-10-2-1-7(6)8/h4,10-11H,1-2,5H2. The van der Waals surface area contributed by atoms with Crippen LogP contribution in [0.3, 0.4) is 0 Å². The third-order valence-electron chi connectivity index (χ3n) is 2.05. The van der Waals surface area contributed by atoms with Crippen LogP contribution in [0.4, 0.5) is 0 Å². The Bertz CT molecular complexity index is 306. The molecule has 0 aliphatic carbocycles. The van der Waals surface area contributed by atoms with E-state index in [9.17, 15) is 0 Å². The predicted molar refractivity (Wildman–Crippen MR) is 40.9 cm³/mol. The van der Waals surface area contributed by atoms with Gasteiger partial charge in [-0.2, -0.15) is 5.26 Å². The van der Waals surface area contributed by atoms with E-state index < -0.39 is 0 Å². The molecule has 1 aromatic heterocycles. The van der Waals surface area contributed by atoms with Gasteiger partial charge in [-0.3, -0.25) is 0 Å². The fraction of sp³-hybridized carbons (Fsp3) is 0.375. The van der Waals surface area contributed by atoms with Crippen LogP contribution in [0, 0.1) is 11.3 Å². The summed E-state index contributed by atoms with van der Waals surface area (Å²) in [6.45, 7) is 1.86. The van der Waals surface area contributed by atoms with Crippen molar-refractivity contribution >= 4 is 0 Å². The minimum Gasteiger partial charge on any atom is -0.362 e. The molecule has 0 unspecified atom stereocenters. The highest BCUT2D eigenvalue weighted by Crippen LogP contribution is 2.16. The van der Waals surface area contributed by atoms with E-state index in [4.69, 9.17) is 5.26 Å². The third kappa shape index (κ3) is 0.920. The number of rotatable bonds is 0. The first-order valence-corrected chi connectivity index (χ1v) is 3.72. The number of nitrogens with zero attached hydrogens (tertiary/aromatic N) is 1. The average molecular weight is 147 g/mol. The Balaban J connectivity index is 2.48. The van der Waals surface area contributed by atoms with Crippen molar-refractivity contribution in [1.29, 1.82) is 5.26 Å². The van der Waals surface area contributed by atoms with E-state index in [1.54, 1.807) is 6.20 Å². The fourth-order valence-corrected chi connectivity index (χ4v) is 1.47. The molecule has 0 fully saturated rings. The van der Waals surface area contributed by atoms with Crippen molar-refractivity contribution in [2.45, 2.75) is 13.0 Å². The maximum atomic E-state index is 8.69. The lowest BCUT2D eigenvalue weighted by Gasteiger charge is -2.12. The van der Waals surface area contributed by atoms with Crippen molar-refractivity contribution in [2.24, 2.45) is 0 Å². The molecule has 0 spiro atoms. The van der Waals surface area contributed by atoms with Gasteiger partial charge in [0.1, 0.15) is 6.07 Å². The first-order chi connectivity index (χ1) is 5.42. The summed E-state index contributed by atoms with van der Waals surface area (Å²) in [5, 5.41) is 11.9. The summed E-state index contributed by atoms with van der Waals surface area (Å²) in [6, 6.07) is 2.18. The van der Waals surface area contributed by atoms with Gasteiger partial charge in [0, 0.05) is 18.4 Å². The van der Waals surface area contributed by atoms with Gasteiger partial charge in [0.2, 0.25) is 0 Å². The van der Waals surface area contributed by atoms with Crippen molar-refractivity contribution in [3.05, 3.63) is 23.0 Å². The van der Waals surface area contributed by atoms with Gasteiger partial charge in [0.05, 0.1) is 5.56 Å². The van der Waals surface area contributed by atoms with Gasteiger partial charge in [-0.1, -0.05) is 0 Å². The molecule has 3 heteroatoms. The van der Waals surface area contributed by atoms with Crippen molar-refractivity contribution < 1.29 is 0 Å². The van der Waals surface area contributed by atoms with Gasteiger partial charge in [0.25, 0.3) is 0 Å². The molecule has 0 saturated heterocycles.